The summed E-state index contributed by atoms with van der Waals surface area (Å²) in [7, 11) is 0. The fourth-order valence-corrected chi connectivity index (χ4v) is 1.28. The lowest BCUT2D eigenvalue weighted by atomic mass is 10.2. The zero-order valence-electron chi connectivity index (χ0n) is 6.98. The minimum atomic E-state index is -0.438. The molecule has 13 heavy (non-hydrogen) atoms. The van der Waals surface area contributed by atoms with Crippen molar-refractivity contribution in [3.8, 4) is 5.75 Å². The molecule has 0 saturated heterocycles. The van der Waals surface area contributed by atoms with Crippen molar-refractivity contribution in [2.75, 3.05) is 5.32 Å². The number of hydrogen-bond donors (Lipinski definition) is 1. The first-order valence-corrected chi connectivity index (χ1v) is 3.88. The molecule has 1 heterocycles. The van der Waals surface area contributed by atoms with Gasteiger partial charge >= 0.3 is 0 Å². The van der Waals surface area contributed by atoms with Crippen LogP contribution in [-0.4, -0.2) is 11.2 Å². The average molecular weight is 180 g/mol. The lowest BCUT2D eigenvalue weighted by molar-refractivity contribution is -0.384. The summed E-state index contributed by atoms with van der Waals surface area (Å²) < 4.78 is 5.28. The number of fused-ring (bicyclic) bond motifs is 1. The third-order valence-corrected chi connectivity index (χ3v) is 1.84. The van der Waals surface area contributed by atoms with Gasteiger partial charge < -0.3 is 10.1 Å². The minimum Gasteiger partial charge on any atom is -0.469 e. The standard InChI is InChI=1S/C8H8N2O3/c1-5-9-7-3-2-6(10(11)12)4-8(7)13-5/h2-5,9H,1H3. The molecule has 1 atom stereocenters. The van der Waals surface area contributed by atoms with E-state index in [2.05, 4.69) is 5.32 Å². The van der Waals surface area contributed by atoms with Crippen LogP contribution >= 0.6 is 0 Å². The summed E-state index contributed by atoms with van der Waals surface area (Å²) in [5.41, 5.74) is 0.854. The monoisotopic (exact) mass is 180 g/mol. The molecule has 1 N–H and O–H groups in total. The molecular formula is C8H8N2O3. The Bertz CT molecular complexity index is 364. The zero-order valence-corrected chi connectivity index (χ0v) is 6.98. The van der Waals surface area contributed by atoms with E-state index >= 15 is 0 Å². The highest BCUT2D eigenvalue weighted by molar-refractivity contribution is 5.63. The van der Waals surface area contributed by atoms with Crippen molar-refractivity contribution in [1.29, 1.82) is 0 Å². The number of non-ortho nitro benzene ring substituents is 1. The van der Waals surface area contributed by atoms with Crippen molar-refractivity contribution < 1.29 is 9.66 Å². The number of nitrogens with zero attached hydrogens (tertiary/aromatic N) is 1. The Morgan fingerprint density at radius 1 is 1.62 bits per heavy atom. The molecule has 2 rings (SSSR count). The van der Waals surface area contributed by atoms with Crippen molar-refractivity contribution >= 4 is 11.4 Å². The smallest absolute Gasteiger partial charge is 0.273 e. The second-order valence-corrected chi connectivity index (χ2v) is 2.84. The number of nitro groups is 1. The lowest BCUT2D eigenvalue weighted by Gasteiger charge is -2.00. The number of anilines is 1. The quantitative estimate of drug-likeness (QED) is 0.528. The van der Waals surface area contributed by atoms with Crippen LogP contribution in [0.4, 0.5) is 11.4 Å². The number of ether oxygens (including phenoxy) is 1. The lowest BCUT2D eigenvalue weighted by Crippen LogP contribution is -2.13. The van der Waals surface area contributed by atoms with E-state index in [9.17, 15) is 10.1 Å². The highest BCUT2D eigenvalue weighted by Crippen LogP contribution is 2.34. The van der Waals surface area contributed by atoms with Crippen molar-refractivity contribution in [2.24, 2.45) is 0 Å². The van der Waals surface area contributed by atoms with E-state index in [1.807, 2.05) is 6.92 Å². The summed E-state index contributed by atoms with van der Waals surface area (Å²) in [5.74, 6) is 0.543. The van der Waals surface area contributed by atoms with Crippen LogP contribution in [0.3, 0.4) is 0 Å². The maximum atomic E-state index is 10.4. The molecule has 0 bridgehead atoms. The van der Waals surface area contributed by atoms with Gasteiger partial charge in [-0.15, -0.1) is 0 Å². The number of nitrogens with one attached hydrogen (secondary N) is 1. The molecule has 0 fully saturated rings. The van der Waals surface area contributed by atoms with Crippen LogP contribution in [0.2, 0.25) is 0 Å². The van der Waals surface area contributed by atoms with E-state index in [-0.39, 0.29) is 11.9 Å². The van der Waals surface area contributed by atoms with Crippen LogP contribution in [-0.2, 0) is 0 Å². The van der Waals surface area contributed by atoms with Crippen LogP contribution in [0.25, 0.3) is 0 Å². The summed E-state index contributed by atoms with van der Waals surface area (Å²) in [6.07, 6.45) is -0.114. The molecule has 0 radical (unpaired) electrons. The predicted molar refractivity (Wildman–Crippen MR) is 46.8 cm³/mol. The summed E-state index contributed by atoms with van der Waals surface area (Å²) in [6.45, 7) is 1.84. The molecule has 0 amide bonds. The van der Waals surface area contributed by atoms with Gasteiger partial charge in [0.1, 0.15) is 0 Å². The fraction of sp³-hybridized carbons (Fsp3) is 0.250. The largest absolute Gasteiger partial charge is 0.469 e. The van der Waals surface area contributed by atoms with Crippen LogP contribution in [0.5, 0.6) is 5.75 Å². The van der Waals surface area contributed by atoms with Gasteiger partial charge in [-0.05, 0) is 13.0 Å². The first-order valence-electron chi connectivity index (χ1n) is 3.88. The highest BCUT2D eigenvalue weighted by atomic mass is 16.6. The molecule has 1 unspecified atom stereocenters. The molecule has 1 aromatic rings. The molecule has 5 nitrogen and oxygen atoms in total. The van der Waals surface area contributed by atoms with E-state index in [1.54, 1.807) is 6.07 Å². The van der Waals surface area contributed by atoms with Gasteiger partial charge in [0.05, 0.1) is 16.7 Å². The molecule has 1 aromatic carbocycles. The summed E-state index contributed by atoms with van der Waals surface area (Å²) in [6, 6.07) is 4.52. The zero-order chi connectivity index (χ0) is 9.42. The molecule has 1 aliphatic rings. The normalized spacial score (nSPS) is 18.7. The summed E-state index contributed by atoms with van der Waals surface area (Å²) in [4.78, 5) is 9.97. The van der Waals surface area contributed by atoms with Crippen LogP contribution in [0, 0.1) is 10.1 Å². The van der Waals surface area contributed by atoms with E-state index in [4.69, 9.17) is 4.74 Å². The molecule has 5 heteroatoms. The van der Waals surface area contributed by atoms with Crippen molar-refractivity contribution in [3.05, 3.63) is 28.3 Å². The number of rotatable bonds is 1. The Balaban J connectivity index is 2.40. The Kier molecular flexibility index (Phi) is 1.58. The van der Waals surface area contributed by atoms with Gasteiger partial charge in [-0.25, -0.2) is 0 Å². The van der Waals surface area contributed by atoms with Crippen molar-refractivity contribution in [1.82, 2.24) is 0 Å². The second-order valence-electron chi connectivity index (χ2n) is 2.84. The Hall–Kier alpha value is -1.78. The Morgan fingerprint density at radius 2 is 2.38 bits per heavy atom. The van der Waals surface area contributed by atoms with Crippen molar-refractivity contribution in [2.45, 2.75) is 13.2 Å². The van der Waals surface area contributed by atoms with Crippen molar-refractivity contribution in [3.63, 3.8) is 0 Å². The molecule has 0 aliphatic carbocycles. The first kappa shape index (κ1) is 7.85. The fourth-order valence-electron chi connectivity index (χ4n) is 1.28. The van der Waals surface area contributed by atoms with Gasteiger partial charge in [0.15, 0.2) is 12.0 Å². The molecule has 68 valence electrons. The minimum absolute atomic E-state index is 0.0506. The maximum absolute atomic E-state index is 10.4. The molecule has 1 aliphatic heterocycles. The van der Waals surface area contributed by atoms with Gasteiger partial charge in [0.2, 0.25) is 0 Å². The topological polar surface area (TPSA) is 64.4 Å². The highest BCUT2D eigenvalue weighted by Gasteiger charge is 2.20. The van der Waals surface area contributed by atoms with Gasteiger partial charge in [-0.2, -0.15) is 0 Å². The summed E-state index contributed by atoms with van der Waals surface area (Å²) >= 11 is 0. The van der Waals surface area contributed by atoms with Gasteiger partial charge in [0, 0.05) is 6.07 Å². The average Bonchev–Trinajstić information content (AvgIpc) is 2.42. The van der Waals surface area contributed by atoms with Crippen LogP contribution in [0.15, 0.2) is 18.2 Å². The van der Waals surface area contributed by atoms with Gasteiger partial charge in [-0.3, -0.25) is 10.1 Å². The summed E-state index contributed by atoms with van der Waals surface area (Å²) in [5, 5.41) is 13.4. The van der Waals surface area contributed by atoms with E-state index < -0.39 is 4.92 Å². The SMILES string of the molecule is CC1Nc2ccc([N+](=O)[O-])cc2O1. The van der Waals surface area contributed by atoms with E-state index in [0.29, 0.717) is 5.75 Å². The van der Waals surface area contributed by atoms with Gasteiger partial charge in [0.25, 0.3) is 5.69 Å². The Morgan fingerprint density at radius 3 is 3.08 bits per heavy atom. The Labute approximate surface area is 74.5 Å². The number of nitro benzene ring substituents is 1. The third kappa shape index (κ3) is 1.28. The molecule has 0 spiro atoms. The second kappa shape index (κ2) is 2.62. The molecule has 0 aromatic heterocycles. The number of benzene rings is 1. The molecular weight excluding hydrogens is 172 g/mol. The number of hydrogen-bond acceptors (Lipinski definition) is 4. The third-order valence-electron chi connectivity index (χ3n) is 1.84. The molecule has 0 saturated carbocycles. The van der Waals surface area contributed by atoms with E-state index in [1.165, 1.54) is 12.1 Å². The first-order chi connectivity index (χ1) is 6.16. The van der Waals surface area contributed by atoms with Crippen LogP contribution < -0.4 is 10.1 Å². The van der Waals surface area contributed by atoms with E-state index in [0.717, 1.165) is 5.69 Å². The predicted octanol–water partition coefficient (Wildman–Crippen LogP) is 1.75. The van der Waals surface area contributed by atoms with Crippen LogP contribution in [0.1, 0.15) is 6.92 Å². The maximum Gasteiger partial charge on any atom is 0.273 e. The van der Waals surface area contributed by atoms with Gasteiger partial charge in [-0.1, -0.05) is 0 Å².